The minimum Gasteiger partial charge on any atom is -0.386 e. The lowest BCUT2D eigenvalue weighted by Crippen LogP contribution is -2.56. The molecule has 1 saturated heterocycles. The Morgan fingerprint density at radius 2 is 2.00 bits per heavy atom. The summed E-state index contributed by atoms with van der Waals surface area (Å²) in [7, 11) is 1.64. The number of nitrogens with two attached hydrogens (primary N) is 1. The van der Waals surface area contributed by atoms with Crippen LogP contribution < -0.4 is 11.1 Å². The molecular formula is C11H23N5O. The molecule has 0 aromatic carbocycles. The van der Waals surface area contributed by atoms with Gasteiger partial charge in [-0.05, 0) is 6.42 Å². The molecule has 0 aliphatic carbocycles. The predicted octanol–water partition coefficient (Wildman–Crippen LogP) is 0.0481. The van der Waals surface area contributed by atoms with Crippen LogP contribution in [-0.4, -0.2) is 60.9 Å². The van der Waals surface area contributed by atoms with Crippen molar-refractivity contribution in [2.24, 2.45) is 5.73 Å². The second-order valence-corrected chi connectivity index (χ2v) is 4.34. The first-order valence-corrected chi connectivity index (χ1v) is 6.14. The molecule has 1 rings (SSSR count). The third kappa shape index (κ3) is 3.59. The van der Waals surface area contributed by atoms with Crippen LogP contribution in [-0.2, 0) is 0 Å². The standard InChI is InChI=1S/C11H23N5O/c1-3-4-9(10(12)13)15-5-7-16(8-6-15)11(17)14-2/h9H,3-8H2,1-2H3,(H3,12,13)(H,14,17). The number of carbonyl (C=O) groups excluding carboxylic acids is 1. The molecule has 0 saturated carbocycles. The first-order chi connectivity index (χ1) is 8.10. The first kappa shape index (κ1) is 13.8. The van der Waals surface area contributed by atoms with E-state index in [-0.39, 0.29) is 17.9 Å². The smallest absolute Gasteiger partial charge is 0.317 e. The lowest BCUT2D eigenvalue weighted by atomic mass is 10.1. The molecule has 0 radical (unpaired) electrons. The molecule has 0 aromatic heterocycles. The van der Waals surface area contributed by atoms with Crippen molar-refractivity contribution in [1.29, 1.82) is 5.41 Å². The van der Waals surface area contributed by atoms with Gasteiger partial charge < -0.3 is 16.0 Å². The fourth-order valence-corrected chi connectivity index (χ4v) is 2.20. The van der Waals surface area contributed by atoms with Gasteiger partial charge in [-0.25, -0.2) is 4.79 Å². The van der Waals surface area contributed by atoms with Gasteiger partial charge in [-0.3, -0.25) is 10.3 Å². The molecule has 0 aromatic rings. The SMILES string of the molecule is CCCC(C(=N)N)N1CCN(C(=O)NC)CC1. The molecule has 17 heavy (non-hydrogen) atoms. The van der Waals surface area contributed by atoms with Crippen LogP contribution in [0.2, 0.25) is 0 Å². The van der Waals surface area contributed by atoms with Gasteiger partial charge in [0, 0.05) is 33.2 Å². The predicted molar refractivity (Wildman–Crippen MR) is 68.2 cm³/mol. The van der Waals surface area contributed by atoms with Crippen LogP contribution in [0.1, 0.15) is 19.8 Å². The zero-order valence-electron chi connectivity index (χ0n) is 10.7. The lowest BCUT2D eigenvalue weighted by Gasteiger charge is -2.38. The Morgan fingerprint density at radius 3 is 2.41 bits per heavy atom. The maximum absolute atomic E-state index is 11.4. The highest BCUT2D eigenvalue weighted by atomic mass is 16.2. The van der Waals surface area contributed by atoms with Crippen molar-refractivity contribution in [3.05, 3.63) is 0 Å². The third-order valence-electron chi connectivity index (χ3n) is 3.18. The van der Waals surface area contributed by atoms with E-state index in [9.17, 15) is 4.79 Å². The fraction of sp³-hybridized carbons (Fsp3) is 0.818. The average molecular weight is 241 g/mol. The molecule has 98 valence electrons. The molecule has 1 fully saturated rings. The topological polar surface area (TPSA) is 85.5 Å². The van der Waals surface area contributed by atoms with Gasteiger partial charge in [0.05, 0.1) is 6.04 Å². The number of urea groups is 1. The molecule has 1 aliphatic heterocycles. The average Bonchev–Trinajstić information content (AvgIpc) is 2.35. The number of amides is 2. The zero-order chi connectivity index (χ0) is 12.8. The van der Waals surface area contributed by atoms with Crippen molar-refractivity contribution < 1.29 is 4.79 Å². The molecule has 0 bridgehead atoms. The van der Waals surface area contributed by atoms with Crippen LogP contribution in [0, 0.1) is 5.41 Å². The highest BCUT2D eigenvalue weighted by Gasteiger charge is 2.26. The highest BCUT2D eigenvalue weighted by Crippen LogP contribution is 2.11. The monoisotopic (exact) mass is 241 g/mol. The molecule has 1 heterocycles. The Morgan fingerprint density at radius 1 is 1.41 bits per heavy atom. The number of hydrogen-bond acceptors (Lipinski definition) is 3. The van der Waals surface area contributed by atoms with Gasteiger partial charge in [-0.1, -0.05) is 13.3 Å². The minimum atomic E-state index is -0.0282. The van der Waals surface area contributed by atoms with Crippen LogP contribution in [0.3, 0.4) is 0 Å². The molecule has 4 N–H and O–H groups in total. The summed E-state index contributed by atoms with van der Waals surface area (Å²) in [6.45, 7) is 5.08. The van der Waals surface area contributed by atoms with Crippen molar-refractivity contribution in [3.63, 3.8) is 0 Å². The second kappa shape index (κ2) is 6.44. The number of carbonyl (C=O) groups is 1. The van der Waals surface area contributed by atoms with Crippen molar-refractivity contribution in [2.45, 2.75) is 25.8 Å². The van der Waals surface area contributed by atoms with Gasteiger partial charge in [0.1, 0.15) is 5.84 Å². The molecule has 1 unspecified atom stereocenters. The Hall–Kier alpha value is -1.30. The van der Waals surface area contributed by atoms with Crippen LogP contribution in [0.4, 0.5) is 4.79 Å². The van der Waals surface area contributed by atoms with Gasteiger partial charge in [-0.15, -0.1) is 0 Å². The van der Waals surface area contributed by atoms with E-state index in [1.165, 1.54) is 0 Å². The summed E-state index contributed by atoms with van der Waals surface area (Å²) in [5, 5.41) is 10.2. The van der Waals surface area contributed by atoms with E-state index in [1.807, 2.05) is 0 Å². The number of nitrogens with one attached hydrogen (secondary N) is 2. The zero-order valence-corrected chi connectivity index (χ0v) is 10.7. The van der Waals surface area contributed by atoms with E-state index in [2.05, 4.69) is 17.1 Å². The normalized spacial score (nSPS) is 18.8. The second-order valence-electron chi connectivity index (χ2n) is 4.34. The van der Waals surface area contributed by atoms with Crippen LogP contribution in [0.5, 0.6) is 0 Å². The lowest BCUT2D eigenvalue weighted by molar-refractivity contribution is 0.125. The summed E-state index contributed by atoms with van der Waals surface area (Å²) in [4.78, 5) is 15.4. The number of hydrogen-bond donors (Lipinski definition) is 3. The molecule has 0 spiro atoms. The Labute approximate surface area is 103 Å². The number of nitrogens with zero attached hydrogens (tertiary/aromatic N) is 2. The Balaban J connectivity index is 2.49. The summed E-state index contributed by atoms with van der Waals surface area (Å²) < 4.78 is 0. The summed E-state index contributed by atoms with van der Waals surface area (Å²) in [5.41, 5.74) is 5.62. The molecule has 6 heteroatoms. The third-order valence-corrected chi connectivity index (χ3v) is 3.18. The Kier molecular flexibility index (Phi) is 5.21. The molecule has 2 amide bonds. The number of piperazine rings is 1. The van der Waals surface area contributed by atoms with Crippen LogP contribution >= 0.6 is 0 Å². The van der Waals surface area contributed by atoms with E-state index in [1.54, 1.807) is 11.9 Å². The van der Waals surface area contributed by atoms with Crippen molar-refractivity contribution in [1.82, 2.24) is 15.1 Å². The van der Waals surface area contributed by atoms with Crippen molar-refractivity contribution in [3.8, 4) is 0 Å². The van der Waals surface area contributed by atoms with Gasteiger partial charge >= 0.3 is 6.03 Å². The van der Waals surface area contributed by atoms with Gasteiger partial charge in [0.25, 0.3) is 0 Å². The molecule has 1 atom stereocenters. The molecular weight excluding hydrogens is 218 g/mol. The Bertz CT molecular complexity index is 273. The molecule has 1 aliphatic rings. The van der Waals surface area contributed by atoms with Crippen molar-refractivity contribution >= 4 is 11.9 Å². The van der Waals surface area contributed by atoms with Crippen LogP contribution in [0.25, 0.3) is 0 Å². The van der Waals surface area contributed by atoms with E-state index < -0.39 is 0 Å². The van der Waals surface area contributed by atoms with Crippen molar-refractivity contribution in [2.75, 3.05) is 33.2 Å². The van der Waals surface area contributed by atoms with Gasteiger partial charge in [-0.2, -0.15) is 0 Å². The quantitative estimate of drug-likeness (QED) is 0.480. The largest absolute Gasteiger partial charge is 0.386 e. The van der Waals surface area contributed by atoms with Gasteiger partial charge in [0.15, 0.2) is 0 Å². The maximum Gasteiger partial charge on any atom is 0.317 e. The summed E-state index contributed by atoms with van der Waals surface area (Å²) in [5.74, 6) is 0.236. The maximum atomic E-state index is 11.4. The van der Waals surface area contributed by atoms with E-state index in [4.69, 9.17) is 11.1 Å². The summed E-state index contributed by atoms with van der Waals surface area (Å²) in [6.07, 6.45) is 1.93. The first-order valence-electron chi connectivity index (χ1n) is 6.14. The van der Waals surface area contributed by atoms with E-state index in [0.717, 1.165) is 25.9 Å². The summed E-state index contributed by atoms with van der Waals surface area (Å²) in [6, 6.07) is 0.00588. The van der Waals surface area contributed by atoms with E-state index in [0.29, 0.717) is 13.1 Å². The van der Waals surface area contributed by atoms with Crippen LogP contribution in [0.15, 0.2) is 0 Å². The number of rotatable bonds is 4. The van der Waals surface area contributed by atoms with E-state index >= 15 is 0 Å². The minimum absolute atomic E-state index is 0.0282. The fourth-order valence-electron chi connectivity index (χ4n) is 2.20. The number of amidine groups is 1. The molecule has 6 nitrogen and oxygen atoms in total. The highest BCUT2D eigenvalue weighted by molar-refractivity contribution is 5.82. The summed E-state index contributed by atoms with van der Waals surface area (Å²) >= 11 is 0. The van der Waals surface area contributed by atoms with Gasteiger partial charge in [0.2, 0.25) is 0 Å².